The summed E-state index contributed by atoms with van der Waals surface area (Å²) in [4.78, 5) is 37.8. The average molecular weight is 1010 g/mol. The van der Waals surface area contributed by atoms with E-state index in [-0.39, 0.29) is 26.1 Å². The van der Waals surface area contributed by atoms with Crippen LogP contribution in [0, 0.1) is 0 Å². The van der Waals surface area contributed by atoms with E-state index in [2.05, 4.69) is 62.5 Å². The molecular weight excluding hydrogens is 894 g/mol. The predicted octanol–water partition coefficient (Wildman–Crippen LogP) is 17.5. The number of allylic oxidation sites excluding steroid dienone is 8. The molecule has 0 fully saturated rings. The van der Waals surface area contributed by atoms with Crippen molar-refractivity contribution in [1.29, 1.82) is 0 Å². The molecule has 0 radical (unpaired) electrons. The minimum Gasteiger partial charge on any atom is -0.756 e. The zero-order chi connectivity index (χ0) is 51.3. The lowest BCUT2D eigenvalue weighted by Crippen LogP contribution is -2.37. The Hall–Kier alpha value is -2.03. The lowest BCUT2D eigenvalue weighted by molar-refractivity contribution is -0.870. The summed E-state index contributed by atoms with van der Waals surface area (Å²) >= 11 is 0. The summed E-state index contributed by atoms with van der Waals surface area (Å²) < 4.78 is 34.1. The second-order valence-corrected chi connectivity index (χ2v) is 22.4. The number of ether oxygens (including phenoxy) is 2. The maximum absolute atomic E-state index is 12.8. The number of hydrogen-bond acceptors (Lipinski definition) is 8. The number of quaternary nitrogens is 1. The minimum atomic E-state index is -4.65. The van der Waals surface area contributed by atoms with Crippen molar-refractivity contribution in [2.24, 2.45) is 0 Å². The first-order valence-electron chi connectivity index (χ1n) is 29.3. The van der Waals surface area contributed by atoms with Gasteiger partial charge in [-0.3, -0.25) is 14.2 Å². The molecule has 9 nitrogen and oxygen atoms in total. The van der Waals surface area contributed by atoms with Gasteiger partial charge in [0, 0.05) is 12.8 Å². The van der Waals surface area contributed by atoms with Gasteiger partial charge in [-0.25, -0.2) is 0 Å². The molecule has 0 aromatic carbocycles. The van der Waals surface area contributed by atoms with E-state index < -0.39 is 32.5 Å². The molecule has 0 N–H and O–H groups in total. The van der Waals surface area contributed by atoms with E-state index in [1.807, 2.05) is 21.1 Å². The topological polar surface area (TPSA) is 111 Å². The maximum Gasteiger partial charge on any atom is 0.306 e. The molecule has 0 rings (SSSR count). The molecule has 10 heteroatoms. The Morgan fingerprint density at radius 3 is 1.13 bits per heavy atom. The maximum atomic E-state index is 12.8. The molecule has 2 atom stereocenters. The zero-order valence-electron chi connectivity index (χ0n) is 46.5. The minimum absolute atomic E-state index is 0.0422. The number of likely N-dealkylation sites (N-methyl/N-ethyl adjacent to an activating group) is 1. The van der Waals surface area contributed by atoms with Gasteiger partial charge in [-0.05, 0) is 77.0 Å². The molecule has 0 saturated carbocycles. The number of unbranched alkanes of at least 4 members (excludes halogenated alkanes) is 32. The summed E-state index contributed by atoms with van der Waals surface area (Å²) in [5.41, 5.74) is 0. The summed E-state index contributed by atoms with van der Waals surface area (Å²) in [6.45, 7) is 4.21. The van der Waals surface area contributed by atoms with Gasteiger partial charge in [0.1, 0.15) is 19.8 Å². The Balaban J connectivity index is 4.25. The molecule has 0 heterocycles. The normalized spacial score (nSPS) is 13.6. The average Bonchev–Trinajstić information content (AvgIpc) is 3.32. The predicted molar refractivity (Wildman–Crippen MR) is 296 cm³/mol. The Kier molecular flexibility index (Phi) is 50.4. The van der Waals surface area contributed by atoms with Crippen LogP contribution in [0.25, 0.3) is 0 Å². The van der Waals surface area contributed by atoms with Crippen molar-refractivity contribution in [2.75, 3.05) is 47.5 Å². The molecule has 0 amide bonds. The third-order valence-corrected chi connectivity index (χ3v) is 13.8. The third kappa shape index (κ3) is 55.3. The van der Waals surface area contributed by atoms with Crippen molar-refractivity contribution in [3.63, 3.8) is 0 Å². The van der Waals surface area contributed by atoms with Gasteiger partial charge < -0.3 is 27.9 Å². The lowest BCUT2D eigenvalue weighted by Gasteiger charge is -2.28. The van der Waals surface area contributed by atoms with Crippen LogP contribution in [0.2, 0.25) is 0 Å². The molecule has 0 aliphatic carbocycles. The Bertz CT molecular complexity index is 1320. The second-order valence-electron chi connectivity index (χ2n) is 21.0. The molecule has 0 bridgehead atoms. The number of carbonyl (C=O) groups is 2. The van der Waals surface area contributed by atoms with Gasteiger partial charge in [0.25, 0.3) is 7.82 Å². The molecule has 0 aromatic rings. The van der Waals surface area contributed by atoms with Crippen LogP contribution in [-0.4, -0.2) is 70.0 Å². The van der Waals surface area contributed by atoms with E-state index in [9.17, 15) is 19.0 Å². The highest BCUT2D eigenvalue weighted by Gasteiger charge is 2.21. The fourth-order valence-corrected chi connectivity index (χ4v) is 8.98. The number of hydrogen-bond donors (Lipinski definition) is 0. The van der Waals surface area contributed by atoms with Crippen LogP contribution in [0.5, 0.6) is 0 Å². The number of phosphoric ester groups is 1. The van der Waals surface area contributed by atoms with E-state index in [4.69, 9.17) is 18.5 Å². The molecule has 70 heavy (non-hydrogen) atoms. The summed E-state index contributed by atoms with van der Waals surface area (Å²) in [5, 5.41) is 0. The van der Waals surface area contributed by atoms with Crippen molar-refractivity contribution in [1.82, 2.24) is 0 Å². The first kappa shape index (κ1) is 68.0. The SMILES string of the molecule is CCCCCCCCCCCCCCCC/C=C\C/C=C\CCCCC(=O)OC[C@H](COP(=O)([O-])OCC[N+](C)(C)C)OC(=O)CCCC/C=C\C/C=C\CCCCCCCCCCCCCCCC. The molecule has 0 saturated heterocycles. The molecule has 0 spiro atoms. The van der Waals surface area contributed by atoms with Crippen LogP contribution in [0.15, 0.2) is 48.6 Å². The zero-order valence-corrected chi connectivity index (χ0v) is 47.4. The van der Waals surface area contributed by atoms with Gasteiger partial charge in [-0.1, -0.05) is 229 Å². The van der Waals surface area contributed by atoms with E-state index in [1.165, 1.54) is 180 Å². The van der Waals surface area contributed by atoms with Gasteiger partial charge in [-0.15, -0.1) is 0 Å². The molecule has 0 aliphatic rings. The summed E-state index contributed by atoms with van der Waals surface area (Å²) in [5.74, 6) is -0.902. The first-order valence-corrected chi connectivity index (χ1v) is 30.8. The largest absolute Gasteiger partial charge is 0.756 e. The standard InChI is InChI=1S/C60H112NO8P/c1-6-8-10-12-14-16-18-20-22-24-26-28-30-32-34-36-38-40-42-44-46-48-50-52-59(62)66-56-58(57-68-70(64,65)67-55-54-61(3,4)5)69-60(63)53-51-49-47-45-43-41-39-37-35-33-31-29-27-25-23-21-19-17-15-13-11-9-7-2/h36-39,42-45,58H,6-35,40-41,46-57H2,1-5H3/b38-36-,39-37-,44-42-,45-43-/t58-/m1/s1. The van der Waals surface area contributed by atoms with E-state index in [0.29, 0.717) is 23.9 Å². The fraction of sp³-hybridized carbons (Fsp3) is 0.833. The number of rotatable bonds is 54. The van der Waals surface area contributed by atoms with Crippen molar-refractivity contribution < 1.29 is 42.1 Å². The van der Waals surface area contributed by atoms with Gasteiger partial charge in [0.05, 0.1) is 27.7 Å². The number of carbonyl (C=O) groups excluding carboxylic acids is 2. The van der Waals surface area contributed by atoms with Gasteiger partial charge in [-0.2, -0.15) is 0 Å². The van der Waals surface area contributed by atoms with Crippen molar-refractivity contribution >= 4 is 19.8 Å². The second kappa shape index (κ2) is 51.9. The Labute approximate surface area is 433 Å². The summed E-state index contributed by atoms with van der Waals surface area (Å²) in [6, 6.07) is 0. The fourth-order valence-electron chi connectivity index (χ4n) is 8.25. The van der Waals surface area contributed by atoms with Crippen molar-refractivity contribution in [2.45, 2.75) is 277 Å². The van der Waals surface area contributed by atoms with E-state index in [1.54, 1.807) is 0 Å². The summed E-state index contributed by atoms with van der Waals surface area (Å²) in [7, 11) is 1.13. The van der Waals surface area contributed by atoms with Gasteiger partial charge >= 0.3 is 11.9 Å². The third-order valence-electron chi connectivity index (χ3n) is 12.8. The van der Waals surface area contributed by atoms with E-state index in [0.717, 1.165) is 51.4 Å². The number of esters is 2. The molecular formula is C60H112NO8P. The molecule has 410 valence electrons. The highest BCUT2D eigenvalue weighted by atomic mass is 31.2. The van der Waals surface area contributed by atoms with Crippen molar-refractivity contribution in [3.8, 4) is 0 Å². The van der Waals surface area contributed by atoms with Crippen LogP contribution in [0.4, 0.5) is 0 Å². The Morgan fingerprint density at radius 2 is 0.771 bits per heavy atom. The molecule has 1 unspecified atom stereocenters. The highest BCUT2D eigenvalue weighted by molar-refractivity contribution is 7.45. The number of phosphoric acid groups is 1. The first-order chi connectivity index (χ1) is 34.0. The van der Waals surface area contributed by atoms with Crippen LogP contribution in [0.3, 0.4) is 0 Å². The number of nitrogens with zero attached hydrogens (tertiary/aromatic N) is 1. The lowest BCUT2D eigenvalue weighted by atomic mass is 10.0. The summed E-state index contributed by atoms with van der Waals surface area (Å²) in [6.07, 6.45) is 64.7. The van der Waals surface area contributed by atoms with Crippen LogP contribution < -0.4 is 4.89 Å². The van der Waals surface area contributed by atoms with Gasteiger partial charge in [0.15, 0.2) is 6.10 Å². The van der Waals surface area contributed by atoms with Gasteiger partial charge in [0.2, 0.25) is 0 Å². The quantitative estimate of drug-likeness (QED) is 0.0195. The highest BCUT2D eigenvalue weighted by Crippen LogP contribution is 2.38. The molecule has 0 aromatic heterocycles. The van der Waals surface area contributed by atoms with Crippen molar-refractivity contribution in [3.05, 3.63) is 48.6 Å². The molecule has 0 aliphatic heterocycles. The smallest absolute Gasteiger partial charge is 0.306 e. The monoisotopic (exact) mass is 1010 g/mol. The van der Waals surface area contributed by atoms with Crippen LogP contribution >= 0.6 is 7.82 Å². The van der Waals surface area contributed by atoms with Crippen LogP contribution in [0.1, 0.15) is 271 Å². The van der Waals surface area contributed by atoms with Crippen LogP contribution in [-0.2, 0) is 32.7 Å². The van der Waals surface area contributed by atoms with E-state index >= 15 is 0 Å². The Morgan fingerprint density at radius 1 is 0.443 bits per heavy atom.